The first-order valence-electron chi connectivity index (χ1n) is 11.0. The number of amides is 1. The summed E-state index contributed by atoms with van der Waals surface area (Å²) in [4.78, 5) is 14.8. The minimum Gasteiger partial charge on any atom is -0.497 e. The number of nitrogens with one attached hydrogen (secondary N) is 1. The Balaban J connectivity index is 1.26. The Bertz CT molecular complexity index is 1040. The summed E-state index contributed by atoms with van der Waals surface area (Å²) < 4.78 is 10.8. The fourth-order valence-corrected chi connectivity index (χ4v) is 3.95. The standard InChI is InChI=1S/C25H27ClN4O3/c1-32-21-8-10-22(11-9-21)33-16-14-27-25(31)19-3-2-15-30(17-19)24-13-12-23(28-29-24)18-4-6-20(26)7-5-18/h4-13,19H,2-3,14-17H2,1H3,(H,27,31). The normalized spacial score (nSPS) is 15.7. The maximum Gasteiger partial charge on any atom is 0.225 e. The van der Waals surface area contributed by atoms with Gasteiger partial charge in [-0.05, 0) is 61.4 Å². The molecule has 1 atom stereocenters. The number of aromatic nitrogens is 2. The fourth-order valence-electron chi connectivity index (χ4n) is 3.83. The van der Waals surface area contributed by atoms with Gasteiger partial charge < -0.3 is 19.7 Å². The maximum absolute atomic E-state index is 12.7. The molecule has 172 valence electrons. The summed E-state index contributed by atoms with van der Waals surface area (Å²) in [6.45, 7) is 2.35. The van der Waals surface area contributed by atoms with E-state index in [1.165, 1.54) is 0 Å². The van der Waals surface area contributed by atoms with Crippen molar-refractivity contribution >= 4 is 23.3 Å². The minimum absolute atomic E-state index is 0.0452. The van der Waals surface area contributed by atoms with E-state index in [-0.39, 0.29) is 11.8 Å². The average Bonchev–Trinajstić information content (AvgIpc) is 2.87. The first-order valence-corrected chi connectivity index (χ1v) is 11.4. The monoisotopic (exact) mass is 466 g/mol. The highest BCUT2D eigenvalue weighted by atomic mass is 35.5. The molecule has 0 saturated carbocycles. The topological polar surface area (TPSA) is 76.6 Å². The Morgan fingerprint density at radius 1 is 1.06 bits per heavy atom. The van der Waals surface area contributed by atoms with E-state index in [4.69, 9.17) is 21.1 Å². The van der Waals surface area contributed by atoms with Crippen LogP contribution in [0.4, 0.5) is 5.82 Å². The van der Waals surface area contributed by atoms with Crippen LogP contribution in [0.3, 0.4) is 0 Å². The quantitative estimate of drug-likeness (QED) is 0.501. The summed E-state index contributed by atoms with van der Waals surface area (Å²) in [5.41, 5.74) is 1.75. The molecule has 0 aliphatic carbocycles. The zero-order valence-electron chi connectivity index (χ0n) is 18.5. The van der Waals surface area contributed by atoms with Crippen molar-refractivity contribution in [1.29, 1.82) is 0 Å². The number of nitrogens with zero attached hydrogens (tertiary/aromatic N) is 3. The Morgan fingerprint density at radius 2 is 1.82 bits per heavy atom. The van der Waals surface area contributed by atoms with Gasteiger partial charge in [0.1, 0.15) is 18.1 Å². The number of methoxy groups -OCH3 is 1. The second-order valence-electron chi connectivity index (χ2n) is 7.88. The van der Waals surface area contributed by atoms with Crippen molar-refractivity contribution in [2.24, 2.45) is 5.92 Å². The van der Waals surface area contributed by atoms with Gasteiger partial charge in [0.25, 0.3) is 0 Å². The number of carbonyl (C=O) groups excluding carboxylic acids is 1. The lowest BCUT2D eigenvalue weighted by atomic mass is 9.97. The van der Waals surface area contributed by atoms with Crippen molar-refractivity contribution in [2.75, 3.05) is 38.3 Å². The lowest BCUT2D eigenvalue weighted by Crippen LogP contribution is -2.44. The van der Waals surface area contributed by atoms with E-state index in [2.05, 4.69) is 20.4 Å². The van der Waals surface area contributed by atoms with Crippen molar-refractivity contribution in [2.45, 2.75) is 12.8 Å². The first kappa shape index (κ1) is 22.9. The van der Waals surface area contributed by atoms with Crippen molar-refractivity contribution in [3.05, 3.63) is 65.7 Å². The second kappa shape index (κ2) is 11.0. The lowest BCUT2D eigenvalue weighted by Gasteiger charge is -2.32. The molecule has 1 aliphatic heterocycles. The molecule has 2 aromatic carbocycles. The lowest BCUT2D eigenvalue weighted by molar-refractivity contribution is -0.125. The van der Waals surface area contributed by atoms with E-state index in [0.29, 0.717) is 24.7 Å². The molecular weight excluding hydrogens is 440 g/mol. The Kier molecular flexibility index (Phi) is 7.62. The molecule has 1 amide bonds. The van der Waals surface area contributed by atoms with Gasteiger partial charge in [-0.3, -0.25) is 4.79 Å². The number of piperidine rings is 1. The molecule has 4 rings (SSSR count). The van der Waals surface area contributed by atoms with Gasteiger partial charge in [0.05, 0.1) is 25.3 Å². The van der Waals surface area contributed by atoms with Gasteiger partial charge in [0.15, 0.2) is 5.82 Å². The highest BCUT2D eigenvalue weighted by molar-refractivity contribution is 6.30. The third-order valence-corrected chi connectivity index (χ3v) is 5.89. The van der Waals surface area contributed by atoms with Gasteiger partial charge in [-0.2, -0.15) is 0 Å². The number of rotatable bonds is 8. The third kappa shape index (κ3) is 6.14. The predicted octanol–water partition coefficient (Wildman–Crippen LogP) is 4.22. The molecular formula is C25H27ClN4O3. The molecule has 0 spiro atoms. The summed E-state index contributed by atoms with van der Waals surface area (Å²) in [6.07, 6.45) is 1.79. The zero-order valence-corrected chi connectivity index (χ0v) is 19.3. The molecule has 1 aromatic heterocycles. The van der Waals surface area contributed by atoms with Crippen LogP contribution in [0.1, 0.15) is 12.8 Å². The number of hydrogen-bond donors (Lipinski definition) is 1. The molecule has 33 heavy (non-hydrogen) atoms. The summed E-state index contributed by atoms with van der Waals surface area (Å²) in [5, 5.41) is 12.4. The van der Waals surface area contributed by atoms with Gasteiger partial charge in [0.2, 0.25) is 5.91 Å². The summed E-state index contributed by atoms with van der Waals surface area (Å²) in [6, 6.07) is 18.8. The van der Waals surface area contributed by atoms with Crippen LogP contribution in [0.15, 0.2) is 60.7 Å². The fraction of sp³-hybridized carbons (Fsp3) is 0.320. The van der Waals surface area contributed by atoms with E-state index in [1.807, 2.05) is 60.7 Å². The summed E-state index contributed by atoms with van der Waals surface area (Å²) in [5.74, 6) is 2.27. The number of anilines is 1. The molecule has 1 unspecified atom stereocenters. The predicted molar refractivity (Wildman–Crippen MR) is 129 cm³/mol. The molecule has 0 radical (unpaired) electrons. The number of carbonyl (C=O) groups is 1. The van der Waals surface area contributed by atoms with Crippen molar-refractivity contribution in [1.82, 2.24) is 15.5 Å². The van der Waals surface area contributed by atoms with E-state index in [1.54, 1.807) is 7.11 Å². The Labute approximate surface area is 198 Å². The van der Waals surface area contributed by atoms with Crippen molar-refractivity contribution in [3.63, 3.8) is 0 Å². The highest BCUT2D eigenvalue weighted by Crippen LogP contribution is 2.24. The van der Waals surface area contributed by atoms with Crippen LogP contribution in [0.25, 0.3) is 11.3 Å². The second-order valence-corrected chi connectivity index (χ2v) is 8.32. The number of halogens is 1. The SMILES string of the molecule is COc1ccc(OCCNC(=O)C2CCCN(c3ccc(-c4ccc(Cl)cc4)nn3)C2)cc1. The third-order valence-electron chi connectivity index (χ3n) is 5.64. The van der Waals surface area contributed by atoms with E-state index in [9.17, 15) is 4.79 Å². The van der Waals surface area contributed by atoms with Gasteiger partial charge in [0, 0.05) is 23.7 Å². The van der Waals surface area contributed by atoms with Crippen LogP contribution >= 0.6 is 11.6 Å². The van der Waals surface area contributed by atoms with Crippen LogP contribution in [0, 0.1) is 5.92 Å². The van der Waals surface area contributed by atoms with E-state index < -0.39 is 0 Å². The molecule has 7 nitrogen and oxygen atoms in total. The van der Waals surface area contributed by atoms with Gasteiger partial charge in [-0.25, -0.2) is 0 Å². The smallest absolute Gasteiger partial charge is 0.225 e. The first-order chi connectivity index (χ1) is 16.1. The van der Waals surface area contributed by atoms with Crippen LogP contribution in [-0.4, -0.2) is 49.5 Å². The summed E-state index contributed by atoms with van der Waals surface area (Å²) in [7, 11) is 1.63. The van der Waals surface area contributed by atoms with Crippen LogP contribution < -0.4 is 19.7 Å². The van der Waals surface area contributed by atoms with Gasteiger partial charge >= 0.3 is 0 Å². The van der Waals surface area contributed by atoms with Crippen molar-refractivity contribution in [3.8, 4) is 22.8 Å². The zero-order chi connectivity index (χ0) is 23.0. The molecule has 1 fully saturated rings. The number of hydrogen-bond acceptors (Lipinski definition) is 6. The number of ether oxygens (including phenoxy) is 2. The van der Waals surface area contributed by atoms with Gasteiger partial charge in [-0.1, -0.05) is 23.7 Å². The maximum atomic E-state index is 12.7. The average molecular weight is 467 g/mol. The van der Waals surface area contributed by atoms with Crippen molar-refractivity contribution < 1.29 is 14.3 Å². The van der Waals surface area contributed by atoms with Gasteiger partial charge in [-0.15, -0.1) is 10.2 Å². The van der Waals surface area contributed by atoms with Crippen LogP contribution in [-0.2, 0) is 4.79 Å². The van der Waals surface area contributed by atoms with E-state index in [0.717, 1.165) is 48.0 Å². The molecule has 1 N–H and O–H groups in total. The van der Waals surface area contributed by atoms with Crippen LogP contribution in [0.5, 0.6) is 11.5 Å². The highest BCUT2D eigenvalue weighted by Gasteiger charge is 2.26. The molecule has 8 heteroatoms. The Hall–Kier alpha value is -3.32. The Morgan fingerprint density at radius 3 is 2.52 bits per heavy atom. The molecule has 1 aliphatic rings. The minimum atomic E-state index is -0.0857. The summed E-state index contributed by atoms with van der Waals surface area (Å²) >= 11 is 5.96. The molecule has 3 aromatic rings. The number of benzene rings is 2. The largest absolute Gasteiger partial charge is 0.497 e. The van der Waals surface area contributed by atoms with E-state index >= 15 is 0 Å². The molecule has 1 saturated heterocycles. The molecule has 2 heterocycles. The van der Waals surface area contributed by atoms with Crippen LogP contribution in [0.2, 0.25) is 5.02 Å². The molecule has 0 bridgehead atoms.